The predicted octanol–water partition coefficient (Wildman–Crippen LogP) is 5.16. The van der Waals surface area contributed by atoms with Crippen LogP contribution in [0.3, 0.4) is 0 Å². The number of benzene rings is 2. The largest absolute Gasteiger partial charge is 0.416 e. The molecular weight excluding hydrogens is 588 g/mol. The van der Waals surface area contributed by atoms with Gasteiger partial charge in [-0.3, -0.25) is 14.1 Å². The summed E-state index contributed by atoms with van der Waals surface area (Å²) in [4.78, 5) is 17.5. The Balaban J connectivity index is 1.47. The van der Waals surface area contributed by atoms with Crippen LogP contribution in [0.4, 0.5) is 17.6 Å². The molecule has 1 heterocycles. The maximum absolute atomic E-state index is 13.6. The van der Waals surface area contributed by atoms with E-state index in [0.29, 0.717) is 17.9 Å². The normalized spacial score (nSPS) is 19.1. The van der Waals surface area contributed by atoms with Crippen molar-refractivity contribution >= 4 is 21.8 Å². The molecule has 2 aromatic rings. The van der Waals surface area contributed by atoms with Gasteiger partial charge in [0.2, 0.25) is 5.91 Å². The summed E-state index contributed by atoms with van der Waals surface area (Å²) in [5.74, 6) is -0.359. The fourth-order valence-electron chi connectivity index (χ4n) is 5.13. The molecular formula is C30H36F4N4O4S. The Morgan fingerprint density at radius 3 is 2.30 bits per heavy atom. The van der Waals surface area contributed by atoms with Crippen LogP contribution in [0.1, 0.15) is 57.1 Å². The van der Waals surface area contributed by atoms with E-state index in [-0.39, 0.29) is 41.5 Å². The highest BCUT2D eigenvalue weighted by Crippen LogP contribution is 2.35. The number of hydrogen-bond acceptors (Lipinski definition) is 6. The zero-order valence-electron chi connectivity index (χ0n) is 24.3. The number of carbonyl (C=O) groups excluding carboxylic acids is 1. The third-order valence-electron chi connectivity index (χ3n) is 8.00. The van der Waals surface area contributed by atoms with E-state index < -0.39 is 39.2 Å². The van der Waals surface area contributed by atoms with E-state index in [4.69, 9.17) is 4.74 Å². The van der Waals surface area contributed by atoms with Gasteiger partial charge in [-0.15, -0.1) is 0 Å². The van der Waals surface area contributed by atoms with Gasteiger partial charge in [-0.05, 0) is 81.5 Å². The third-order valence-corrected chi connectivity index (χ3v) is 9.83. The number of amides is 1. The van der Waals surface area contributed by atoms with Crippen molar-refractivity contribution in [3.63, 3.8) is 0 Å². The standard InChI is InChI=1S/C30H36F4N4O4S/c1-20(6-15-25-36-26(28(2,3)37-25)27(39)35-19-29(42-4)16-5-17-29)38(43(40,41)24-13-11-23(31)12-14-24)18-21-7-9-22(10-8-21)30(32,33)34/h7-14,26H,1,5-6,15-19H2,2-4H3,(H,35,39)(H,36,37). The second-order valence-electron chi connectivity index (χ2n) is 11.5. The number of allylic oxidation sites excluding steroid dienone is 1. The maximum Gasteiger partial charge on any atom is 0.416 e. The van der Waals surface area contributed by atoms with E-state index in [1.807, 2.05) is 13.8 Å². The number of sulfonamides is 1. The highest BCUT2D eigenvalue weighted by molar-refractivity contribution is 7.89. The molecule has 2 aliphatic rings. The number of aliphatic imine (C=N–C) groups is 1. The number of hydrogen-bond donors (Lipinski definition) is 2. The Kier molecular flexibility index (Phi) is 9.27. The molecule has 1 fully saturated rings. The Hall–Kier alpha value is -3.45. The molecule has 1 aliphatic carbocycles. The van der Waals surface area contributed by atoms with Crippen LogP contribution in [0.2, 0.25) is 0 Å². The van der Waals surface area contributed by atoms with Crippen LogP contribution in [0.5, 0.6) is 0 Å². The SMILES string of the molecule is C=C(CCC1=NC(C)(C)C(C(=O)NCC2(OC)CCC2)N1)N(Cc1ccc(C(F)(F)F)cc1)S(=O)(=O)c1ccc(F)cc1. The molecule has 43 heavy (non-hydrogen) atoms. The average Bonchev–Trinajstić information content (AvgIpc) is 3.23. The van der Waals surface area contributed by atoms with Crippen molar-refractivity contribution in [1.29, 1.82) is 0 Å². The van der Waals surface area contributed by atoms with Gasteiger partial charge in [0.1, 0.15) is 11.9 Å². The molecule has 0 aromatic heterocycles. The first-order chi connectivity index (χ1) is 20.1. The minimum Gasteiger partial charge on any atom is -0.376 e. The molecule has 1 atom stereocenters. The molecule has 1 unspecified atom stereocenters. The molecule has 0 spiro atoms. The van der Waals surface area contributed by atoms with E-state index >= 15 is 0 Å². The number of rotatable bonds is 12. The van der Waals surface area contributed by atoms with Gasteiger partial charge >= 0.3 is 6.18 Å². The second kappa shape index (κ2) is 12.3. The highest BCUT2D eigenvalue weighted by atomic mass is 32.2. The lowest BCUT2D eigenvalue weighted by Gasteiger charge is -2.41. The van der Waals surface area contributed by atoms with Crippen LogP contribution in [0, 0.1) is 5.82 Å². The van der Waals surface area contributed by atoms with Gasteiger partial charge in [-0.25, -0.2) is 12.8 Å². The molecule has 0 saturated heterocycles. The lowest BCUT2D eigenvalue weighted by Crippen LogP contribution is -2.56. The van der Waals surface area contributed by atoms with E-state index in [1.165, 1.54) is 12.1 Å². The Morgan fingerprint density at radius 2 is 1.77 bits per heavy atom. The fraction of sp³-hybridized carbons (Fsp3) is 0.467. The quantitative estimate of drug-likeness (QED) is 0.318. The molecule has 0 bridgehead atoms. The molecule has 1 amide bonds. The van der Waals surface area contributed by atoms with Gasteiger partial charge in [0, 0.05) is 25.8 Å². The number of nitrogens with zero attached hydrogens (tertiary/aromatic N) is 2. The van der Waals surface area contributed by atoms with E-state index in [2.05, 4.69) is 22.2 Å². The second-order valence-corrected chi connectivity index (χ2v) is 13.3. The summed E-state index contributed by atoms with van der Waals surface area (Å²) in [6, 6.07) is 7.76. The first-order valence-electron chi connectivity index (χ1n) is 13.9. The zero-order chi connectivity index (χ0) is 31.6. The fourth-order valence-corrected chi connectivity index (χ4v) is 6.61. The molecule has 1 saturated carbocycles. The molecule has 8 nitrogen and oxygen atoms in total. The van der Waals surface area contributed by atoms with Gasteiger partial charge in [0.05, 0.1) is 34.0 Å². The summed E-state index contributed by atoms with van der Waals surface area (Å²) < 4.78 is 86.5. The van der Waals surface area contributed by atoms with Crippen LogP contribution in [-0.2, 0) is 32.3 Å². The van der Waals surface area contributed by atoms with Gasteiger partial charge < -0.3 is 15.4 Å². The summed E-state index contributed by atoms with van der Waals surface area (Å²) in [5, 5.41) is 6.11. The lowest BCUT2D eigenvalue weighted by atomic mass is 9.80. The molecule has 234 valence electrons. The minimum absolute atomic E-state index is 0.101. The number of amidine groups is 1. The smallest absolute Gasteiger partial charge is 0.376 e. The number of ether oxygens (including phenoxy) is 1. The van der Waals surface area contributed by atoms with Crippen LogP contribution in [-0.4, -0.2) is 55.3 Å². The summed E-state index contributed by atoms with van der Waals surface area (Å²) in [7, 11) is -2.63. The topological polar surface area (TPSA) is 100 Å². The first-order valence-corrected chi connectivity index (χ1v) is 15.3. The molecule has 2 N–H and O–H groups in total. The van der Waals surface area contributed by atoms with Gasteiger partial charge in [0.25, 0.3) is 10.0 Å². The number of alkyl halides is 3. The lowest BCUT2D eigenvalue weighted by molar-refractivity contribution is -0.137. The zero-order valence-corrected chi connectivity index (χ0v) is 25.1. The molecule has 13 heteroatoms. The third kappa shape index (κ3) is 7.38. The van der Waals surface area contributed by atoms with Crippen molar-refractivity contribution in [1.82, 2.24) is 14.9 Å². The molecule has 2 aromatic carbocycles. The van der Waals surface area contributed by atoms with Gasteiger partial charge in [0.15, 0.2) is 0 Å². The number of halogens is 4. The van der Waals surface area contributed by atoms with Crippen LogP contribution >= 0.6 is 0 Å². The Labute approximate surface area is 249 Å². The van der Waals surface area contributed by atoms with Gasteiger partial charge in [-0.1, -0.05) is 18.7 Å². The van der Waals surface area contributed by atoms with E-state index in [1.54, 1.807) is 7.11 Å². The van der Waals surface area contributed by atoms with Crippen molar-refractivity contribution in [2.45, 2.75) is 80.7 Å². The molecule has 0 radical (unpaired) electrons. The summed E-state index contributed by atoms with van der Waals surface area (Å²) >= 11 is 0. The maximum atomic E-state index is 13.6. The summed E-state index contributed by atoms with van der Waals surface area (Å²) in [6.07, 6.45) is -1.43. The summed E-state index contributed by atoms with van der Waals surface area (Å²) in [6.45, 7) is 7.70. The van der Waals surface area contributed by atoms with Crippen LogP contribution < -0.4 is 10.6 Å². The van der Waals surface area contributed by atoms with Crippen molar-refractivity contribution in [3.05, 3.63) is 77.8 Å². The molecule has 4 rings (SSSR count). The van der Waals surface area contributed by atoms with E-state index in [9.17, 15) is 30.8 Å². The van der Waals surface area contributed by atoms with E-state index in [0.717, 1.165) is 60.0 Å². The van der Waals surface area contributed by atoms with Crippen molar-refractivity contribution in [3.8, 4) is 0 Å². The minimum atomic E-state index is -4.54. The Bertz CT molecular complexity index is 1460. The number of methoxy groups -OCH3 is 1. The van der Waals surface area contributed by atoms with Crippen LogP contribution in [0.25, 0.3) is 0 Å². The Morgan fingerprint density at radius 1 is 1.14 bits per heavy atom. The summed E-state index contributed by atoms with van der Waals surface area (Å²) in [5.41, 5.74) is -1.53. The highest BCUT2D eigenvalue weighted by Gasteiger charge is 2.43. The number of carbonyl (C=O) groups is 1. The average molecular weight is 625 g/mol. The van der Waals surface area contributed by atoms with Gasteiger partial charge in [-0.2, -0.15) is 13.2 Å². The van der Waals surface area contributed by atoms with Crippen LogP contribution in [0.15, 0.2) is 70.7 Å². The monoisotopic (exact) mass is 624 g/mol. The predicted molar refractivity (Wildman–Crippen MR) is 154 cm³/mol. The van der Waals surface area contributed by atoms with Crippen molar-refractivity contribution in [2.75, 3.05) is 13.7 Å². The van der Waals surface area contributed by atoms with Crippen molar-refractivity contribution < 1.29 is 35.5 Å². The number of nitrogens with one attached hydrogen (secondary N) is 2. The first kappa shape index (κ1) is 32.5. The molecule has 1 aliphatic heterocycles. The van der Waals surface area contributed by atoms with Crippen molar-refractivity contribution in [2.24, 2.45) is 4.99 Å².